The number of benzene rings is 1. The molecule has 0 spiro atoms. The maximum Gasteiger partial charge on any atom is 0.251 e. The number of nitrogens with one attached hydrogen (secondary N) is 1. The summed E-state index contributed by atoms with van der Waals surface area (Å²) in [5.41, 5.74) is 0.867. The molecule has 0 aliphatic rings. The molecule has 0 aliphatic heterocycles. The number of carbonyl (C=O) groups is 1. The zero-order valence-electron chi connectivity index (χ0n) is 11.4. The van der Waals surface area contributed by atoms with Crippen LogP contribution in [0.15, 0.2) is 18.2 Å². The molecule has 1 amide bonds. The van der Waals surface area contributed by atoms with Crippen LogP contribution in [-0.4, -0.2) is 39.4 Å². The van der Waals surface area contributed by atoms with Crippen LogP contribution in [-0.2, 0) is 9.47 Å². The molecule has 4 nitrogen and oxygen atoms in total. The molecule has 0 saturated carbocycles. The highest BCUT2D eigenvalue weighted by atomic mass is 19.1. The van der Waals surface area contributed by atoms with Gasteiger partial charge in [0.25, 0.3) is 5.91 Å². The van der Waals surface area contributed by atoms with E-state index in [2.05, 4.69) is 5.32 Å². The van der Waals surface area contributed by atoms with Crippen LogP contribution in [0.4, 0.5) is 4.39 Å². The normalized spacial score (nSPS) is 10.5. The molecule has 0 fully saturated rings. The minimum atomic E-state index is -0.365. The monoisotopic (exact) mass is 269 g/mol. The molecule has 0 aliphatic carbocycles. The lowest BCUT2D eigenvalue weighted by molar-refractivity contribution is 0.0688. The van der Waals surface area contributed by atoms with E-state index in [4.69, 9.17) is 9.47 Å². The number of hydrogen-bond acceptors (Lipinski definition) is 3. The number of amides is 1. The molecule has 106 valence electrons. The Morgan fingerprint density at radius 1 is 1.32 bits per heavy atom. The summed E-state index contributed by atoms with van der Waals surface area (Å²) in [5, 5.41) is 2.72. The molecule has 19 heavy (non-hydrogen) atoms. The molecule has 0 unspecified atom stereocenters. The summed E-state index contributed by atoms with van der Waals surface area (Å²) < 4.78 is 23.4. The summed E-state index contributed by atoms with van der Waals surface area (Å²) in [6.45, 7) is 3.84. The summed E-state index contributed by atoms with van der Waals surface area (Å²) in [6, 6.07) is 4.46. The average molecular weight is 269 g/mol. The third-order valence-electron chi connectivity index (χ3n) is 2.62. The van der Waals surface area contributed by atoms with Crippen LogP contribution in [0, 0.1) is 12.7 Å². The predicted molar refractivity (Wildman–Crippen MR) is 70.8 cm³/mol. The van der Waals surface area contributed by atoms with Gasteiger partial charge in [0.2, 0.25) is 0 Å². The molecule has 1 N–H and O–H groups in total. The van der Waals surface area contributed by atoms with Crippen molar-refractivity contribution < 1.29 is 18.7 Å². The quantitative estimate of drug-likeness (QED) is 0.733. The van der Waals surface area contributed by atoms with Crippen LogP contribution in [0.1, 0.15) is 22.3 Å². The van der Waals surface area contributed by atoms with Gasteiger partial charge in [-0.15, -0.1) is 0 Å². The second-order valence-electron chi connectivity index (χ2n) is 4.18. The van der Waals surface area contributed by atoms with Gasteiger partial charge in [0, 0.05) is 25.8 Å². The summed E-state index contributed by atoms with van der Waals surface area (Å²) in [5.74, 6) is -0.633. The van der Waals surface area contributed by atoms with Crippen LogP contribution in [0.2, 0.25) is 0 Å². The molecular formula is C14H20FNO3. The van der Waals surface area contributed by atoms with Crippen molar-refractivity contribution in [3.63, 3.8) is 0 Å². The molecular weight excluding hydrogens is 249 g/mol. The molecule has 5 heteroatoms. The summed E-state index contributed by atoms with van der Waals surface area (Å²) in [7, 11) is 1.62. The highest BCUT2D eigenvalue weighted by molar-refractivity contribution is 5.94. The first-order valence-corrected chi connectivity index (χ1v) is 6.26. The first-order chi connectivity index (χ1) is 9.15. The number of carbonyl (C=O) groups excluding carboxylic acids is 1. The van der Waals surface area contributed by atoms with Gasteiger partial charge in [-0.1, -0.05) is 6.07 Å². The fourth-order valence-corrected chi connectivity index (χ4v) is 1.46. The van der Waals surface area contributed by atoms with Gasteiger partial charge < -0.3 is 14.8 Å². The molecule has 0 heterocycles. The topological polar surface area (TPSA) is 47.6 Å². The van der Waals surface area contributed by atoms with Gasteiger partial charge in [0.1, 0.15) is 5.82 Å². The Labute approximate surface area is 112 Å². The Kier molecular flexibility index (Phi) is 7.07. The standard InChI is InChI=1S/C14H20FNO3/c1-11-4-5-12(10-13(11)15)14(17)16-6-3-7-19-9-8-18-2/h4-5,10H,3,6-9H2,1-2H3,(H,16,17). The third kappa shape index (κ3) is 5.81. The van der Waals surface area contributed by atoms with Crippen molar-refractivity contribution in [2.45, 2.75) is 13.3 Å². The number of methoxy groups -OCH3 is 1. The smallest absolute Gasteiger partial charge is 0.251 e. The molecule has 1 aromatic rings. The molecule has 0 aromatic heterocycles. The Hall–Kier alpha value is -1.46. The van der Waals surface area contributed by atoms with Crippen LogP contribution < -0.4 is 5.32 Å². The van der Waals surface area contributed by atoms with Crippen LogP contribution in [0.25, 0.3) is 0 Å². The van der Waals surface area contributed by atoms with E-state index in [1.165, 1.54) is 6.07 Å². The van der Waals surface area contributed by atoms with Gasteiger partial charge in [0.05, 0.1) is 13.2 Å². The zero-order chi connectivity index (χ0) is 14.1. The van der Waals surface area contributed by atoms with Crippen molar-refractivity contribution >= 4 is 5.91 Å². The molecule has 0 bridgehead atoms. The van der Waals surface area contributed by atoms with E-state index in [0.29, 0.717) is 43.9 Å². The molecule has 0 atom stereocenters. The first-order valence-electron chi connectivity index (χ1n) is 6.26. The van der Waals surface area contributed by atoms with Gasteiger partial charge in [-0.05, 0) is 31.0 Å². The zero-order valence-corrected chi connectivity index (χ0v) is 11.4. The van der Waals surface area contributed by atoms with Gasteiger partial charge >= 0.3 is 0 Å². The van der Waals surface area contributed by atoms with Gasteiger partial charge in [-0.3, -0.25) is 4.79 Å². The molecule has 1 rings (SSSR count). The van der Waals surface area contributed by atoms with Crippen molar-refractivity contribution in [1.29, 1.82) is 0 Å². The lowest BCUT2D eigenvalue weighted by atomic mass is 10.1. The van der Waals surface area contributed by atoms with Gasteiger partial charge in [-0.2, -0.15) is 0 Å². The van der Waals surface area contributed by atoms with Gasteiger partial charge in [0.15, 0.2) is 0 Å². The highest BCUT2D eigenvalue weighted by Crippen LogP contribution is 2.08. The SMILES string of the molecule is COCCOCCCNC(=O)c1ccc(C)c(F)c1. The number of halogens is 1. The fraction of sp³-hybridized carbons (Fsp3) is 0.500. The summed E-state index contributed by atoms with van der Waals surface area (Å²) in [4.78, 5) is 11.7. The van der Waals surface area contributed by atoms with Crippen LogP contribution in [0.3, 0.4) is 0 Å². The maximum atomic E-state index is 13.3. The number of aryl methyl sites for hydroxylation is 1. The lowest BCUT2D eigenvalue weighted by Gasteiger charge is -2.07. The third-order valence-corrected chi connectivity index (χ3v) is 2.62. The minimum absolute atomic E-state index is 0.268. The number of rotatable bonds is 8. The molecule has 0 saturated heterocycles. The first kappa shape index (κ1) is 15.6. The van der Waals surface area contributed by atoms with E-state index in [1.807, 2.05) is 0 Å². The summed E-state index contributed by atoms with van der Waals surface area (Å²) >= 11 is 0. The summed E-state index contributed by atoms with van der Waals surface area (Å²) in [6.07, 6.45) is 0.712. The Balaban J connectivity index is 2.22. The fourth-order valence-electron chi connectivity index (χ4n) is 1.46. The largest absolute Gasteiger partial charge is 0.382 e. The van der Waals surface area contributed by atoms with E-state index in [0.717, 1.165) is 0 Å². The van der Waals surface area contributed by atoms with Crippen molar-refractivity contribution in [1.82, 2.24) is 5.32 Å². The maximum absolute atomic E-state index is 13.3. The van der Waals surface area contributed by atoms with E-state index >= 15 is 0 Å². The Morgan fingerprint density at radius 2 is 2.11 bits per heavy atom. The second-order valence-corrected chi connectivity index (χ2v) is 4.18. The predicted octanol–water partition coefficient (Wildman–Crippen LogP) is 1.92. The number of ether oxygens (including phenoxy) is 2. The van der Waals surface area contributed by atoms with Crippen molar-refractivity contribution in [2.75, 3.05) is 33.5 Å². The second kappa shape index (κ2) is 8.61. The van der Waals surface area contributed by atoms with E-state index in [9.17, 15) is 9.18 Å². The molecule has 1 aromatic carbocycles. The Morgan fingerprint density at radius 3 is 2.79 bits per heavy atom. The number of hydrogen-bond donors (Lipinski definition) is 1. The van der Waals surface area contributed by atoms with Crippen LogP contribution >= 0.6 is 0 Å². The van der Waals surface area contributed by atoms with E-state index in [-0.39, 0.29) is 11.7 Å². The van der Waals surface area contributed by atoms with Crippen molar-refractivity contribution in [3.05, 3.63) is 35.1 Å². The minimum Gasteiger partial charge on any atom is -0.382 e. The highest BCUT2D eigenvalue weighted by Gasteiger charge is 2.07. The van der Waals surface area contributed by atoms with E-state index < -0.39 is 0 Å². The lowest BCUT2D eigenvalue weighted by Crippen LogP contribution is -2.25. The van der Waals surface area contributed by atoms with Crippen LogP contribution in [0.5, 0.6) is 0 Å². The van der Waals surface area contributed by atoms with Crippen molar-refractivity contribution in [3.8, 4) is 0 Å². The van der Waals surface area contributed by atoms with Crippen molar-refractivity contribution in [2.24, 2.45) is 0 Å². The molecule has 0 radical (unpaired) electrons. The Bertz CT molecular complexity index is 410. The van der Waals surface area contributed by atoms with E-state index in [1.54, 1.807) is 26.2 Å². The van der Waals surface area contributed by atoms with Gasteiger partial charge in [-0.25, -0.2) is 4.39 Å². The average Bonchev–Trinajstić information content (AvgIpc) is 2.40.